The van der Waals surface area contributed by atoms with Gasteiger partial charge in [-0.1, -0.05) is 11.3 Å². The average molecular weight is 371 g/mol. The lowest BCUT2D eigenvalue weighted by atomic mass is 9.90. The summed E-state index contributed by atoms with van der Waals surface area (Å²) >= 11 is 1.42. The van der Waals surface area contributed by atoms with Crippen LogP contribution in [0.5, 0.6) is 0 Å². The van der Waals surface area contributed by atoms with Crippen molar-refractivity contribution in [3.63, 3.8) is 0 Å². The molecule has 8 heteroatoms. The molecule has 1 unspecified atom stereocenters. The van der Waals surface area contributed by atoms with Crippen molar-refractivity contribution in [3.05, 3.63) is 42.0 Å². The number of imidazole rings is 1. The first-order valence-corrected chi connectivity index (χ1v) is 9.45. The quantitative estimate of drug-likeness (QED) is 0.736. The number of carbonyl (C=O) groups is 1. The van der Waals surface area contributed by atoms with Gasteiger partial charge in [0, 0.05) is 38.1 Å². The van der Waals surface area contributed by atoms with Crippen LogP contribution < -0.4 is 5.73 Å². The number of aromatic nitrogens is 3. The molecule has 3 aromatic rings. The number of amides is 1. The van der Waals surface area contributed by atoms with Gasteiger partial charge >= 0.3 is 0 Å². The van der Waals surface area contributed by atoms with Crippen molar-refractivity contribution in [2.24, 2.45) is 13.0 Å². The summed E-state index contributed by atoms with van der Waals surface area (Å²) in [7, 11) is 1.88. The molecule has 0 radical (unpaired) electrons. The zero-order valence-electron chi connectivity index (χ0n) is 14.5. The lowest BCUT2D eigenvalue weighted by Gasteiger charge is -2.34. The molecule has 0 aliphatic carbocycles. The number of thiazole rings is 1. The fraction of sp³-hybridized carbons (Fsp3) is 0.389. The second kappa shape index (κ2) is 6.69. The van der Waals surface area contributed by atoms with Crippen molar-refractivity contribution < 1.29 is 9.90 Å². The fourth-order valence-electron chi connectivity index (χ4n) is 3.55. The molecular weight excluding hydrogens is 350 g/mol. The smallest absolute Gasteiger partial charge is 0.253 e. The average Bonchev–Trinajstić information content (AvgIpc) is 3.24. The zero-order chi connectivity index (χ0) is 18.3. The number of aryl methyl sites for hydroxylation is 1. The third kappa shape index (κ3) is 3.06. The van der Waals surface area contributed by atoms with Gasteiger partial charge in [-0.15, -0.1) is 0 Å². The van der Waals surface area contributed by atoms with E-state index < -0.39 is 6.10 Å². The minimum absolute atomic E-state index is 0.00315. The molecule has 2 aromatic heterocycles. The minimum Gasteiger partial charge on any atom is -0.385 e. The number of anilines is 1. The van der Waals surface area contributed by atoms with Crippen LogP contribution in [0.25, 0.3) is 10.2 Å². The first-order valence-electron chi connectivity index (χ1n) is 8.63. The van der Waals surface area contributed by atoms with E-state index in [1.54, 1.807) is 12.3 Å². The third-order valence-corrected chi connectivity index (χ3v) is 5.91. The van der Waals surface area contributed by atoms with Crippen LogP contribution in [-0.2, 0) is 7.05 Å². The van der Waals surface area contributed by atoms with Crippen molar-refractivity contribution in [2.75, 3.05) is 18.8 Å². The highest BCUT2D eigenvalue weighted by Crippen LogP contribution is 2.31. The molecule has 7 nitrogen and oxygen atoms in total. The van der Waals surface area contributed by atoms with Crippen molar-refractivity contribution in [1.82, 2.24) is 19.4 Å². The number of aliphatic hydroxyl groups is 1. The van der Waals surface area contributed by atoms with E-state index in [2.05, 4.69) is 9.97 Å². The van der Waals surface area contributed by atoms with Crippen molar-refractivity contribution >= 4 is 32.6 Å². The standard InChI is InChI=1S/C18H21N5O2S/c1-22-9-6-20-16(22)15(24)11-4-7-23(8-5-11)17(25)12-2-3-14-13(10-12)21-18(19)26-14/h2-3,6,9-11,15,24H,4-5,7-8H2,1H3,(H2,19,21). The molecular formula is C18H21N5O2S. The van der Waals surface area contributed by atoms with E-state index in [9.17, 15) is 9.90 Å². The van der Waals surface area contributed by atoms with Crippen LogP contribution in [0.15, 0.2) is 30.6 Å². The zero-order valence-corrected chi connectivity index (χ0v) is 15.3. The van der Waals surface area contributed by atoms with Crippen LogP contribution in [0.3, 0.4) is 0 Å². The molecule has 3 heterocycles. The highest BCUT2D eigenvalue weighted by Gasteiger charge is 2.30. The Labute approximate surface area is 155 Å². The maximum Gasteiger partial charge on any atom is 0.253 e. The second-order valence-electron chi connectivity index (χ2n) is 6.71. The molecule has 136 valence electrons. The van der Waals surface area contributed by atoms with E-state index in [0.29, 0.717) is 29.6 Å². The number of fused-ring (bicyclic) bond motifs is 1. The van der Waals surface area contributed by atoms with E-state index in [1.165, 1.54) is 11.3 Å². The molecule has 1 fully saturated rings. The summed E-state index contributed by atoms with van der Waals surface area (Å²) < 4.78 is 2.83. The number of nitrogens with zero attached hydrogens (tertiary/aromatic N) is 4. The number of hydrogen-bond donors (Lipinski definition) is 2. The summed E-state index contributed by atoms with van der Waals surface area (Å²) in [6.07, 6.45) is 4.44. The Morgan fingerprint density at radius 2 is 2.15 bits per heavy atom. The SMILES string of the molecule is Cn1ccnc1C(O)C1CCN(C(=O)c2ccc3sc(N)nc3c2)CC1. The minimum atomic E-state index is -0.596. The normalized spacial score (nSPS) is 16.9. The van der Waals surface area contributed by atoms with Gasteiger partial charge in [0.05, 0.1) is 10.2 Å². The van der Waals surface area contributed by atoms with E-state index in [1.807, 2.05) is 34.8 Å². The lowest BCUT2D eigenvalue weighted by molar-refractivity contribution is 0.0420. The Bertz CT molecular complexity index is 942. The topological polar surface area (TPSA) is 97.3 Å². The molecule has 3 N–H and O–H groups in total. The number of nitrogen functional groups attached to an aromatic ring is 1. The molecule has 4 rings (SSSR count). The predicted molar refractivity (Wildman–Crippen MR) is 101 cm³/mol. The Hall–Kier alpha value is -2.45. The summed E-state index contributed by atoms with van der Waals surface area (Å²) in [4.78, 5) is 23.1. The van der Waals surface area contributed by atoms with Crippen LogP contribution in [0.2, 0.25) is 0 Å². The van der Waals surface area contributed by atoms with Crippen LogP contribution in [0, 0.1) is 5.92 Å². The van der Waals surface area contributed by atoms with Gasteiger partial charge in [-0.05, 0) is 37.0 Å². The third-order valence-electron chi connectivity index (χ3n) is 5.05. The Morgan fingerprint density at radius 3 is 2.85 bits per heavy atom. The Kier molecular flexibility index (Phi) is 4.37. The highest BCUT2D eigenvalue weighted by atomic mass is 32.1. The molecule has 1 aliphatic rings. The molecule has 0 bridgehead atoms. The molecule has 1 atom stereocenters. The number of nitrogens with two attached hydrogens (primary N) is 1. The fourth-order valence-corrected chi connectivity index (χ4v) is 4.27. The number of likely N-dealkylation sites (tertiary alicyclic amines) is 1. The van der Waals surface area contributed by atoms with E-state index in [-0.39, 0.29) is 11.8 Å². The number of piperidine rings is 1. The van der Waals surface area contributed by atoms with E-state index >= 15 is 0 Å². The van der Waals surface area contributed by atoms with Gasteiger partial charge in [0.1, 0.15) is 11.9 Å². The molecule has 1 aromatic carbocycles. The monoisotopic (exact) mass is 371 g/mol. The van der Waals surface area contributed by atoms with Gasteiger partial charge in [-0.2, -0.15) is 0 Å². The molecule has 0 saturated carbocycles. The summed E-state index contributed by atoms with van der Waals surface area (Å²) in [6.45, 7) is 1.25. The van der Waals surface area contributed by atoms with Crippen LogP contribution in [-0.4, -0.2) is 43.5 Å². The number of carbonyl (C=O) groups excluding carboxylic acids is 1. The van der Waals surface area contributed by atoms with Gasteiger partial charge in [-0.25, -0.2) is 9.97 Å². The molecule has 1 amide bonds. The summed E-state index contributed by atoms with van der Waals surface area (Å²) in [5.41, 5.74) is 7.13. The molecule has 1 saturated heterocycles. The van der Waals surface area contributed by atoms with Gasteiger partial charge in [0.2, 0.25) is 0 Å². The van der Waals surface area contributed by atoms with Crippen LogP contribution >= 0.6 is 11.3 Å². The largest absolute Gasteiger partial charge is 0.385 e. The van der Waals surface area contributed by atoms with Gasteiger partial charge in [0.25, 0.3) is 5.91 Å². The Morgan fingerprint density at radius 1 is 1.38 bits per heavy atom. The molecule has 1 aliphatic heterocycles. The van der Waals surface area contributed by atoms with Gasteiger partial charge < -0.3 is 20.3 Å². The number of benzene rings is 1. The van der Waals surface area contributed by atoms with E-state index in [4.69, 9.17) is 5.73 Å². The van der Waals surface area contributed by atoms with Gasteiger partial charge in [0.15, 0.2) is 5.13 Å². The van der Waals surface area contributed by atoms with Crippen LogP contribution in [0.1, 0.15) is 35.1 Å². The summed E-state index contributed by atoms with van der Waals surface area (Å²) in [5, 5.41) is 11.1. The predicted octanol–water partition coefficient (Wildman–Crippen LogP) is 2.20. The van der Waals surface area contributed by atoms with Crippen molar-refractivity contribution in [1.29, 1.82) is 0 Å². The second-order valence-corrected chi connectivity index (χ2v) is 7.77. The summed E-state index contributed by atoms with van der Waals surface area (Å²) in [5.74, 6) is 0.797. The number of rotatable bonds is 3. The van der Waals surface area contributed by atoms with Crippen molar-refractivity contribution in [3.8, 4) is 0 Å². The first kappa shape index (κ1) is 17.0. The number of hydrogen-bond acceptors (Lipinski definition) is 6. The molecule has 0 spiro atoms. The maximum atomic E-state index is 12.8. The lowest BCUT2D eigenvalue weighted by Crippen LogP contribution is -2.40. The molecule has 26 heavy (non-hydrogen) atoms. The first-order chi connectivity index (χ1) is 12.5. The highest BCUT2D eigenvalue weighted by molar-refractivity contribution is 7.22. The van der Waals surface area contributed by atoms with Crippen molar-refractivity contribution in [2.45, 2.75) is 18.9 Å². The maximum absolute atomic E-state index is 12.8. The van der Waals surface area contributed by atoms with Gasteiger partial charge in [-0.3, -0.25) is 4.79 Å². The Balaban J connectivity index is 1.43. The van der Waals surface area contributed by atoms with E-state index in [0.717, 1.165) is 23.1 Å². The summed E-state index contributed by atoms with van der Waals surface area (Å²) in [6, 6.07) is 5.53. The van der Waals surface area contributed by atoms with Crippen LogP contribution in [0.4, 0.5) is 5.13 Å². The number of aliphatic hydroxyl groups excluding tert-OH is 1.